The lowest BCUT2D eigenvalue weighted by molar-refractivity contribution is -0.121. The van der Waals surface area contributed by atoms with Gasteiger partial charge in [-0.2, -0.15) is 0 Å². The Kier molecular flexibility index (Phi) is 18.9. The smallest absolute Gasteiger partial charge is 0.220 e. The van der Waals surface area contributed by atoms with Gasteiger partial charge in [0.05, 0.1) is 13.7 Å². The molecule has 33 heavy (non-hydrogen) atoms. The molecule has 0 fully saturated rings. The highest BCUT2D eigenvalue weighted by molar-refractivity contribution is 9.09. The number of methoxy groups -OCH3 is 1. The molecule has 1 aromatic rings. The first-order valence-electron chi connectivity index (χ1n) is 13.0. The minimum absolute atomic E-state index is 0.117. The summed E-state index contributed by atoms with van der Waals surface area (Å²) in [6.07, 6.45) is 21.8. The maximum atomic E-state index is 12.1. The van der Waals surface area contributed by atoms with Crippen LogP contribution in [0.5, 0.6) is 11.5 Å². The standard InChI is InChI=1S/C28H46BrNO3/c1-3-4-5-6-7-8-9-10-11-12-13-14-15-16-17-18-28(31)30-24-25-19-20-26(33-22-21-29)27(23-25)32-2/h10-11,19-20,23H,3-9,12-18,21-22,24H2,1-2H3,(H,30,31)/b11-10-. The quantitative estimate of drug-likeness (QED) is 0.100. The number of alkyl halides is 1. The Morgan fingerprint density at radius 2 is 1.55 bits per heavy atom. The van der Waals surface area contributed by atoms with Crippen molar-refractivity contribution in [2.45, 2.75) is 103 Å². The van der Waals surface area contributed by atoms with Crippen LogP contribution in [0.25, 0.3) is 0 Å². The van der Waals surface area contributed by atoms with Gasteiger partial charge in [0.15, 0.2) is 11.5 Å². The van der Waals surface area contributed by atoms with Crippen molar-refractivity contribution in [3.63, 3.8) is 0 Å². The normalized spacial score (nSPS) is 11.1. The van der Waals surface area contributed by atoms with Gasteiger partial charge in [-0.25, -0.2) is 0 Å². The van der Waals surface area contributed by atoms with Crippen LogP contribution in [-0.4, -0.2) is 25.0 Å². The second-order valence-corrected chi connectivity index (χ2v) is 9.43. The number of unbranched alkanes of at least 4 members (excludes halogenated alkanes) is 11. The first-order valence-corrected chi connectivity index (χ1v) is 14.1. The molecule has 1 amide bonds. The number of carbonyl (C=O) groups is 1. The summed E-state index contributed by atoms with van der Waals surface area (Å²) < 4.78 is 11.0. The van der Waals surface area contributed by atoms with Crippen LogP contribution in [0.4, 0.5) is 0 Å². The van der Waals surface area contributed by atoms with E-state index in [1.165, 1.54) is 70.6 Å². The molecule has 1 rings (SSSR count). The molecule has 4 nitrogen and oxygen atoms in total. The zero-order valence-electron chi connectivity index (χ0n) is 21.0. The third-order valence-electron chi connectivity index (χ3n) is 5.72. The largest absolute Gasteiger partial charge is 0.493 e. The number of hydrogen-bond donors (Lipinski definition) is 1. The first-order chi connectivity index (χ1) is 16.2. The molecule has 5 heteroatoms. The van der Waals surface area contributed by atoms with Crippen LogP contribution < -0.4 is 14.8 Å². The average molecular weight is 525 g/mol. The average Bonchev–Trinajstić information content (AvgIpc) is 2.84. The number of halogens is 1. The maximum Gasteiger partial charge on any atom is 0.220 e. The molecule has 188 valence electrons. The topological polar surface area (TPSA) is 47.6 Å². The van der Waals surface area contributed by atoms with Gasteiger partial charge >= 0.3 is 0 Å². The molecule has 1 N–H and O–H groups in total. The zero-order chi connectivity index (χ0) is 24.0. The molecule has 0 heterocycles. The fourth-order valence-electron chi connectivity index (χ4n) is 3.74. The van der Waals surface area contributed by atoms with E-state index in [4.69, 9.17) is 9.47 Å². The third kappa shape index (κ3) is 15.9. The molecule has 0 bridgehead atoms. The van der Waals surface area contributed by atoms with E-state index < -0.39 is 0 Å². The van der Waals surface area contributed by atoms with E-state index in [1.54, 1.807) is 7.11 Å². The Morgan fingerprint density at radius 1 is 0.909 bits per heavy atom. The van der Waals surface area contributed by atoms with E-state index in [0.717, 1.165) is 29.5 Å². The van der Waals surface area contributed by atoms with Gasteiger partial charge in [-0.1, -0.05) is 92.4 Å². The zero-order valence-corrected chi connectivity index (χ0v) is 22.6. The molecule has 0 unspecified atom stereocenters. The van der Waals surface area contributed by atoms with Crippen molar-refractivity contribution >= 4 is 21.8 Å². The molecule has 1 aromatic carbocycles. The summed E-state index contributed by atoms with van der Waals surface area (Å²) in [5.74, 6) is 1.53. The van der Waals surface area contributed by atoms with Crippen LogP contribution in [0.2, 0.25) is 0 Å². The fourth-order valence-corrected chi connectivity index (χ4v) is 3.90. The van der Waals surface area contributed by atoms with Crippen molar-refractivity contribution in [2.24, 2.45) is 0 Å². The minimum atomic E-state index is 0.117. The molecule has 0 aliphatic carbocycles. The monoisotopic (exact) mass is 523 g/mol. The molecular weight excluding hydrogens is 478 g/mol. The van der Waals surface area contributed by atoms with E-state index in [1.807, 2.05) is 18.2 Å². The highest BCUT2D eigenvalue weighted by Gasteiger charge is 2.07. The first kappa shape index (κ1) is 29.5. The maximum absolute atomic E-state index is 12.1. The molecule has 0 aliphatic rings. The Bertz CT molecular complexity index is 648. The van der Waals surface area contributed by atoms with Crippen molar-refractivity contribution in [2.75, 3.05) is 19.0 Å². The lowest BCUT2D eigenvalue weighted by atomic mass is 10.1. The second-order valence-electron chi connectivity index (χ2n) is 8.63. The highest BCUT2D eigenvalue weighted by Crippen LogP contribution is 2.28. The van der Waals surface area contributed by atoms with Crippen molar-refractivity contribution in [1.82, 2.24) is 5.32 Å². The summed E-state index contributed by atoms with van der Waals surface area (Å²) in [6, 6.07) is 5.78. The van der Waals surface area contributed by atoms with Crippen LogP contribution in [-0.2, 0) is 11.3 Å². The Labute approximate surface area is 211 Å². The molecule has 0 spiro atoms. The number of ether oxygens (including phenoxy) is 2. The predicted octanol–water partition coefficient (Wildman–Crippen LogP) is 8.12. The molecular formula is C28H46BrNO3. The Morgan fingerprint density at radius 3 is 2.18 bits per heavy atom. The van der Waals surface area contributed by atoms with Gasteiger partial charge < -0.3 is 14.8 Å². The lowest BCUT2D eigenvalue weighted by Gasteiger charge is -2.12. The molecule has 0 aromatic heterocycles. The second kappa shape index (κ2) is 21.1. The Hall–Kier alpha value is -1.49. The van der Waals surface area contributed by atoms with Crippen LogP contribution in [0.3, 0.4) is 0 Å². The number of carbonyl (C=O) groups excluding carboxylic acids is 1. The molecule has 0 saturated carbocycles. The van der Waals surface area contributed by atoms with E-state index in [0.29, 0.717) is 25.3 Å². The number of nitrogens with one attached hydrogen (secondary N) is 1. The van der Waals surface area contributed by atoms with Gasteiger partial charge in [0.2, 0.25) is 5.91 Å². The van der Waals surface area contributed by atoms with E-state index in [2.05, 4.69) is 40.3 Å². The molecule has 0 aliphatic heterocycles. The van der Waals surface area contributed by atoms with Gasteiger partial charge in [-0.3, -0.25) is 4.79 Å². The lowest BCUT2D eigenvalue weighted by Crippen LogP contribution is -2.22. The number of rotatable bonds is 21. The minimum Gasteiger partial charge on any atom is -0.493 e. The van der Waals surface area contributed by atoms with Crippen LogP contribution in [0.15, 0.2) is 30.4 Å². The van der Waals surface area contributed by atoms with Gasteiger partial charge in [0.1, 0.15) is 0 Å². The van der Waals surface area contributed by atoms with E-state index >= 15 is 0 Å². The van der Waals surface area contributed by atoms with Crippen LogP contribution in [0, 0.1) is 0 Å². The summed E-state index contributed by atoms with van der Waals surface area (Å²) in [5, 5.41) is 3.78. The molecule has 0 saturated heterocycles. The van der Waals surface area contributed by atoms with Crippen LogP contribution >= 0.6 is 15.9 Å². The van der Waals surface area contributed by atoms with Crippen molar-refractivity contribution < 1.29 is 14.3 Å². The fraction of sp³-hybridized carbons (Fsp3) is 0.679. The van der Waals surface area contributed by atoms with Gasteiger partial charge in [0.25, 0.3) is 0 Å². The Balaban J connectivity index is 2.01. The van der Waals surface area contributed by atoms with Crippen LogP contribution in [0.1, 0.15) is 102 Å². The van der Waals surface area contributed by atoms with Crippen molar-refractivity contribution in [1.29, 1.82) is 0 Å². The summed E-state index contributed by atoms with van der Waals surface area (Å²) in [5.41, 5.74) is 1.01. The third-order valence-corrected chi connectivity index (χ3v) is 6.04. The summed E-state index contributed by atoms with van der Waals surface area (Å²) in [4.78, 5) is 12.1. The summed E-state index contributed by atoms with van der Waals surface area (Å²) in [7, 11) is 1.63. The van der Waals surface area contributed by atoms with Crippen molar-refractivity contribution in [3.05, 3.63) is 35.9 Å². The van der Waals surface area contributed by atoms with Crippen molar-refractivity contribution in [3.8, 4) is 11.5 Å². The number of hydrogen-bond acceptors (Lipinski definition) is 3. The SMILES string of the molecule is CCCCCCCC/C=C\CCCCCCCC(=O)NCc1ccc(OCCBr)c(OC)c1. The summed E-state index contributed by atoms with van der Waals surface area (Å²) >= 11 is 3.35. The van der Waals surface area contributed by atoms with Gasteiger partial charge in [-0.05, 0) is 49.8 Å². The van der Waals surface area contributed by atoms with E-state index in [9.17, 15) is 4.79 Å². The van der Waals surface area contributed by atoms with Gasteiger partial charge in [0, 0.05) is 18.3 Å². The predicted molar refractivity (Wildman–Crippen MR) is 144 cm³/mol. The van der Waals surface area contributed by atoms with Gasteiger partial charge in [-0.15, -0.1) is 0 Å². The number of allylic oxidation sites excluding steroid dienone is 2. The highest BCUT2D eigenvalue weighted by atomic mass is 79.9. The molecule has 0 atom stereocenters. The number of benzene rings is 1. The van der Waals surface area contributed by atoms with E-state index in [-0.39, 0.29) is 5.91 Å². The number of amides is 1. The summed E-state index contributed by atoms with van der Waals surface area (Å²) in [6.45, 7) is 3.37. The molecule has 0 radical (unpaired) electrons.